The molecule has 0 saturated carbocycles. The summed E-state index contributed by atoms with van der Waals surface area (Å²) in [6, 6.07) is 6.55. The summed E-state index contributed by atoms with van der Waals surface area (Å²) in [5.41, 5.74) is 3.45. The van der Waals surface area contributed by atoms with Crippen molar-refractivity contribution >= 4 is 36.4 Å². The van der Waals surface area contributed by atoms with E-state index in [2.05, 4.69) is 43.5 Å². The molecule has 1 fully saturated rings. The van der Waals surface area contributed by atoms with E-state index < -0.39 is 0 Å². The van der Waals surface area contributed by atoms with Crippen LogP contribution in [0.1, 0.15) is 18.1 Å². The molecule has 0 bridgehead atoms. The standard InChI is InChI=1S/C15H23N3O.2ClH/c1-11-5-4-6-12(2)15(11)17-9-14(19)18-8-7-16-13(3)10-18;;/h4-6,13,16-17H,7-10H2,1-3H3;2*1H. The van der Waals surface area contributed by atoms with Crippen LogP contribution >= 0.6 is 24.8 Å². The van der Waals surface area contributed by atoms with E-state index in [-0.39, 0.29) is 30.7 Å². The largest absolute Gasteiger partial charge is 0.376 e. The number of para-hydroxylation sites is 1. The molecule has 6 heteroatoms. The molecular formula is C15H25Cl2N3O. The Balaban J connectivity index is 0.00000200. The van der Waals surface area contributed by atoms with Gasteiger partial charge in [-0.3, -0.25) is 4.79 Å². The molecule has 0 spiro atoms. The number of halogens is 2. The number of carbonyl (C=O) groups excluding carboxylic acids is 1. The van der Waals surface area contributed by atoms with Gasteiger partial charge in [-0.15, -0.1) is 24.8 Å². The van der Waals surface area contributed by atoms with Crippen LogP contribution in [0.4, 0.5) is 5.69 Å². The zero-order valence-corrected chi connectivity index (χ0v) is 14.4. The van der Waals surface area contributed by atoms with E-state index >= 15 is 0 Å². The van der Waals surface area contributed by atoms with Crippen molar-refractivity contribution in [1.29, 1.82) is 0 Å². The fourth-order valence-corrected chi connectivity index (χ4v) is 2.53. The van der Waals surface area contributed by atoms with Crippen molar-refractivity contribution in [3.05, 3.63) is 29.3 Å². The zero-order valence-electron chi connectivity index (χ0n) is 12.8. The second-order valence-electron chi connectivity index (χ2n) is 5.32. The minimum Gasteiger partial charge on any atom is -0.376 e. The third-order valence-corrected chi connectivity index (χ3v) is 3.62. The third-order valence-electron chi connectivity index (χ3n) is 3.62. The Bertz CT molecular complexity index is 448. The zero-order chi connectivity index (χ0) is 13.8. The molecule has 1 aliphatic heterocycles. The lowest BCUT2D eigenvalue weighted by Gasteiger charge is -2.32. The number of rotatable bonds is 3. The first kappa shape index (κ1) is 20.0. The molecular weight excluding hydrogens is 309 g/mol. The predicted molar refractivity (Wildman–Crippen MR) is 92.9 cm³/mol. The number of anilines is 1. The van der Waals surface area contributed by atoms with Gasteiger partial charge in [0.25, 0.3) is 0 Å². The van der Waals surface area contributed by atoms with Crippen LogP contribution in [0.5, 0.6) is 0 Å². The molecule has 1 aromatic carbocycles. The summed E-state index contributed by atoms with van der Waals surface area (Å²) in [7, 11) is 0. The number of hydrogen-bond acceptors (Lipinski definition) is 3. The fourth-order valence-electron chi connectivity index (χ4n) is 2.53. The third kappa shape index (κ3) is 5.38. The molecule has 4 nitrogen and oxygen atoms in total. The molecule has 1 aliphatic rings. The maximum Gasteiger partial charge on any atom is 0.241 e. The summed E-state index contributed by atoms with van der Waals surface area (Å²) in [6.45, 7) is 9.09. The Hall–Kier alpha value is -0.970. The number of benzene rings is 1. The van der Waals surface area contributed by atoms with Crippen LogP contribution in [-0.2, 0) is 4.79 Å². The molecule has 1 amide bonds. The van der Waals surface area contributed by atoms with Gasteiger partial charge in [-0.1, -0.05) is 18.2 Å². The van der Waals surface area contributed by atoms with E-state index in [0.717, 1.165) is 25.3 Å². The number of piperazine rings is 1. The number of hydrogen-bond donors (Lipinski definition) is 2. The number of carbonyl (C=O) groups is 1. The normalized spacial score (nSPS) is 17.5. The van der Waals surface area contributed by atoms with Crippen LogP contribution in [0.25, 0.3) is 0 Å². The smallest absolute Gasteiger partial charge is 0.241 e. The van der Waals surface area contributed by atoms with Gasteiger partial charge >= 0.3 is 0 Å². The van der Waals surface area contributed by atoms with Gasteiger partial charge in [-0.05, 0) is 31.9 Å². The van der Waals surface area contributed by atoms with Crippen molar-refractivity contribution in [2.75, 3.05) is 31.5 Å². The van der Waals surface area contributed by atoms with Crippen LogP contribution in [0.15, 0.2) is 18.2 Å². The summed E-state index contributed by atoms with van der Waals surface area (Å²) in [6.07, 6.45) is 0. The van der Waals surface area contributed by atoms with Crippen LogP contribution in [0, 0.1) is 13.8 Å². The lowest BCUT2D eigenvalue weighted by molar-refractivity contribution is -0.130. The highest BCUT2D eigenvalue weighted by Crippen LogP contribution is 2.19. The monoisotopic (exact) mass is 333 g/mol. The van der Waals surface area contributed by atoms with E-state index in [9.17, 15) is 4.79 Å². The van der Waals surface area contributed by atoms with Gasteiger partial charge in [0, 0.05) is 31.4 Å². The highest BCUT2D eigenvalue weighted by molar-refractivity contribution is 5.85. The van der Waals surface area contributed by atoms with E-state index in [1.54, 1.807) is 0 Å². The van der Waals surface area contributed by atoms with Crippen molar-refractivity contribution in [3.63, 3.8) is 0 Å². The number of nitrogens with one attached hydrogen (secondary N) is 2. The van der Waals surface area contributed by atoms with Gasteiger partial charge in [0.1, 0.15) is 0 Å². The van der Waals surface area contributed by atoms with Crippen LogP contribution < -0.4 is 10.6 Å². The number of nitrogens with zero attached hydrogens (tertiary/aromatic N) is 1. The Morgan fingerprint density at radius 2 is 1.95 bits per heavy atom. The lowest BCUT2D eigenvalue weighted by Crippen LogP contribution is -2.52. The Kier molecular flexibility index (Phi) is 8.71. The molecule has 0 radical (unpaired) electrons. The van der Waals surface area contributed by atoms with Crippen molar-refractivity contribution in [2.45, 2.75) is 26.8 Å². The first-order valence-corrected chi connectivity index (χ1v) is 6.89. The second-order valence-corrected chi connectivity index (χ2v) is 5.32. The average molecular weight is 334 g/mol. The maximum atomic E-state index is 12.2. The molecule has 120 valence electrons. The minimum absolute atomic E-state index is 0. The predicted octanol–water partition coefficient (Wildman–Crippen LogP) is 2.38. The Labute approximate surface area is 139 Å². The summed E-state index contributed by atoms with van der Waals surface area (Å²) in [4.78, 5) is 14.1. The van der Waals surface area contributed by atoms with Gasteiger partial charge in [0.05, 0.1) is 6.54 Å². The van der Waals surface area contributed by atoms with Crippen LogP contribution in [0.3, 0.4) is 0 Å². The van der Waals surface area contributed by atoms with Crippen molar-refractivity contribution in [2.24, 2.45) is 0 Å². The molecule has 21 heavy (non-hydrogen) atoms. The Morgan fingerprint density at radius 1 is 1.33 bits per heavy atom. The van der Waals surface area contributed by atoms with E-state index in [1.807, 2.05) is 11.0 Å². The minimum atomic E-state index is 0. The summed E-state index contributed by atoms with van der Waals surface area (Å²) >= 11 is 0. The molecule has 2 N–H and O–H groups in total. The van der Waals surface area contributed by atoms with E-state index in [4.69, 9.17) is 0 Å². The van der Waals surface area contributed by atoms with Crippen LogP contribution in [-0.4, -0.2) is 43.0 Å². The summed E-state index contributed by atoms with van der Waals surface area (Å²) < 4.78 is 0. The van der Waals surface area contributed by atoms with E-state index in [1.165, 1.54) is 11.1 Å². The summed E-state index contributed by atoms with van der Waals surface area (Å²) in [5, 5.41) is 6.63. The van der Waals surface area contributed by atoms with Gasteiger partial charge in [0.15, 0.2) is 0 Å². The van der Waals surface area contributed by atoms with Crippen LogP contribution in [0.2, 0.25) is 0 Å². The quantitative estimate of drug-likeness (QED) is 0.892. The first-order chi connectivity index (χ1) is 9.08. The first-order valence-electron chi connectivity index (χ1n) is 6.89. The summed E-state index contributed by atoms with van der Waals surface area (Å²) in [5.74, 6) is 0.177. The van der Waals surface area contributed by atoms with Crippen molar-refractivity contribution in [1.82, 2.24) is 10.2 Å². The van der Waals surface area contributed by atoms with Gasteiger partial charge in [0.2, 0.25) is 5.91 Å². The maximum absolute atomic E-state index is 12.2. The highest BCUT2D eigenvalue weighted by atomic mass is 35.5. The lowest BCUT2D eigenvalue weighted by atomic mass is 10.1. The number of aryl methyl sites for hydroxylation is 2. The second kappa shape index (κ2) is 9.13. The molecule has 0 aromatic heterocycles. The highest BCUT2D eigenvalue weighted by Gasteiger charge is 2.20. The number of amides is 1. The molecule has 1 heterocycles. The van der Waals surface area contributed by atoms with Gasteiger partial charge < -0.3 is 15.5 Å². The topological polar surface area (TPSA) is 44.4 Å². The molecule has 1 atom stereocenters. The average Bonchev–Trinajstić information content (AvgIpc) is 2.38. The van der Waals surface area contributed by atoms with Gasteiger partial charge in [-0.2, -0.15) is 0 Å². The molecule has 1 unspecified atom stereocenters. The molecule has 0 aliphatic carbocycles. The fraction of sp³-hybridized carbons (Fsp3) is 0.533. The van der Waals surface area contributed by atoms with Crippen molar-refractivity contribution < 1.29 is 4.79 Å². The molecule has 1 saturated heterocycles. The molecule has 2 rings (SSSR count). The molecule has 1 aromatic rings. The van der Waals surface area contributed by atoms with Gasteiger partial charge in [-0.25, -0.2) is 0 Å². The van der Waals surface area contributed by atoms with Crippen molar-refractivity contribution in [3.8, 4) is 0 Å². The Morgan fingerprint density at radius 3 is 2.52 bits per heavy atom. The SMILES string of the molecule is Cc1cccc(C)c1NCC(=O)N1CCNC(C)C1.Cl.Cl. The van der Waals surface area contributed by atoms with E-state index in [0.29, 0.717) is 12.6 Å².